The Morgan fingerprint density at radius 3 is 3.04 bits per heavy atom. The first-order valence-corrected chi connectivity index (χ1v) is 9.11. The molecule has 1 fully saturated rings. The SMILES string of the molecule is COc1ccc2c(C[NH+]3CCC[C@H]3c3cccs3)cc(=O)oc2c1. The zero-order chi connectivity index (χ0) is 16.5. The predicted molar refractivity (Wildman–Crippen MR) is 94.9 cm³/mol. The number of nitrogens with one attached hydrogen (secondary N) is 1. The largest absolute Gasteiger partial charge is 0.497 e. The van der Waals surface area contributed by atoms with Crippen molar-refractivity contribution in [2.45, 2.75) is 25.4 Å². The second kappa shape index (κ2) is 6.42. The molecule has 0 aliphatic carbocycles. The van der Waals surface area contributed by atoms with Crippen molar-refractivity contribution in [1.29, 1.82) is 0 Å². The van der Waals surface area contributed by atoms with Gasteiger partial charge in [-0.05, 0) is 23.6 Å². The lowest BCUT2D eigenvalue weighted by Crippen LogP contribution is -3.08. The average molecular weight is 342 g/mol. The Morgan fingerprint density at radius 1 is 1.33 bits per heavy atom. The van der Waals surface area contributed by atoms with Crippen LogP contribution in [0.2, 0.25) is 0 Å². The van der Waals surface area contributed by atoms with E-state index in [9.17, 15) is 4.79 Å². The zero-order valence-corrected chi connectivity index (χ0v) is 14.4. The second-order valence-corrected chi connectivity index (χ2v) is 7.23. The summed E-state index contributed by atoms with van der Waals surface area (Å²) in [5.74, 6) is 0.702. The molecule has 3 aromatic rings. The first-order chi connectivity index (χ1) is 11.7. The molecule has 0 bridgehead atoms. The van der Waals surface area contributed by atoms with Gasteiger partial charge in [-0.15, -0.1) is 11.3 Å². The summed E-state index contributed by atoms with van der Waals surface area (Å²) >= 11 is 1.83. The van der Waals surface area contributed by atoms with Crippen LogP contribution in [-0.2, 0) is 6.54 Å². The summed E-state index contributed by atoms with van der Waals surface area (Å²) in [4.78, 5) is 14.9. The van der Waals surface area contributed by atoms with Crippen LogP contribution in [0.3, 0.4) is 0 Å². The minimum absolute atomic E-state index is 0.294. The first kappa shape index (κ1) is 15.4. The molecule has 4 nitrogen and oxygen atoms in total. The molecule has 5 heteroatoms. The molecule has 1 aliphatic rings. The van der Waals surface area contributed by atoms with Crippen LogP contribution in [-0.4, -0.2) is 13.7 Å². The molecular weight excluding hydrogens is 322 g/mol. The Labute approximate surface area is 144 Å². The molecule has 0 spiro atoms. The van der Waals surface area contributed by atoms with E-state index in [-0.39, 0.29) is 5.63 Å². The van der Waals surface area contributed by atoms with Crippen molar-refractivity contribution in [1.82, 2.24) is 0 Å². The Kier molecular flexibility index (Phi) is 4.12. The highest BCUT2D eigenvalue weighted by atomic mass is 32.1. The number of rotatable bonds is 4. The predicted octanol–water partition coefficient (Wildman–Crippen LogP) is 2.78. The van der Waals surface area contributed by atoms with Crippen LogP contribution in [0.25, 0.3) is 11.0 Å². The normalized spacial score (nSPS) is 20.5. The van der Waals surface area contributed by atoms with Gasteiger partial charge in [0.1, 0.15) is 23.9 Å². The topological polar surface area (TPSA) is 43.9 Å². The highest BCUT2D eigenvalue weighted by Gasteiger charge is 2.31. The van der Waals surface area contributed by atoms with E-state index in [0.717, 1.165) is 24.0 Å². The van der Waals surface area contributed by atoms with Crippen molar-refractivity contribution in [3.8, 4) is 5.75 Å². The minimum Gasteiger partial charge on any atom is -0.497 e. The molecule has 1 unspecified atom stereocenters. The summed E-state index contributed by atoms with van der Waals surface area (Å²) in [5, 5.41) is 3.14. The van der Waals surface area contributed by atoms with Gasteiger partial charge in [0.05, 0.1) is 18.5 Å². The number of hydrogen-bond donors (Lipinski definition) is 1. The molecule has 0 amide bonds. The summed E-state index contributed by atoms with van der Waals surface area (Å²) in [6.07, 6.45) is 2.44. The fourth-order valence-electron chi connectivity index (χ4n) is 3.68. The van der Waals surface area contributed by atoms with E-state index in [1.54, 1.807) is 19.2 Å². The van der Waals surface area contributed by atoms with Gasteiger partial charge in [-0.25, -0.2) is 4.79 Å². The van der Waals surface area contributed by atoms with Gasteiger partial charge in [0.15, 0.2) is 0 Å². The van der Waals surface area contributed by atoms with E-state index < -0.39 is 0 Å². The van der Waals surface area contributed by atoms with Crippen LogP contribution in [0, 0.1) is 0 Å². The number of likely N-dealkylation sites (tertiary alicyclic amines) is 1. The van der Waals surface area contributed by atoms with Gasteiger partial charge in [-0.2, -0.15) is 0 Å². The number of thiophene rings is 1. The third-order valence-electron chi connectivity index (χ3n) is 4.82. The molecule has 1 saturated heterocycles. The molecule has 2 atom stereocenters. The third-order valence-corrected chi connectivity index (χ3v) is 5.81. The smallest absolute Gasteiger partial charge is 0.336 e. The fraction of sp³-hybridized carbons (Fsp3) is 0.316. The summed E-state index contributed by atoms with van der Waals surface area (Å²) in [7, 11) is 1.61. The standard InChI is InChI=1S/C19H19NO3S/c1-22-14-6-7-15-13(10-19(21)23-17(15)11-14)12-20-8-2-4-16(20)18-5-3-9-24-18/h3,5-7,9-11,16H,2,4,8,12H2,1H3/p+1/t16-/m0/s1. The molecule has 0 saturated carbocycles. The van der Waals surface area contributed by atoms with Gasteiger partial charge in [-0.1, -0.05) is 6.07 Å². The molecule has 1 aliphatic heterocycles. The lowest BCUT2D eigenvalue weighted by molar-refractivity contribution is -0.931. The van der Waals surface area contributed by atoms with Crippen LogP contribution >= 0.6 is 11.3 Å². The number of ether oxygens (including phenoxy) is 1. The zero-order valence-electron chi connectivity index (χ0n) is 13.6. The number of benzene rings is 1. The first-order valence-electron chi connectivity index (χ1n) is 8.23. The van der Waals surface area contributed by atoms with Gasteiger partial charge in [0.2, 0.25) is 0 Å². The van der Waals surface area contributed by atoms with E-state index in [4.69, 9.17) is 9.15 Å². The van der Waals surface area contributed by atoms with Crippen molar-refractivity contribution in [3.63, 3.8) is 0 Å². The molecule has 1 N–H and O–H groups in total. The number of fused-ring (bicyclic) bond motifs is 1. The van der Waals surface area contributed by atoms with E-state index >= 15 is 0 Å². The minimum atomic E-state index is -0.294. The molecule has 2 aromatic heterocycles. The maximum Gasteiger partial charge on any atom is 0.336 e. The average Bonchev–Trinajstić information content (AvgIpc) is 3.25. The molecule has 124 valence electrons. The lowest BCUT2D eigenvalue weighted by Gasteiger charge is -2.21. The summed E-state index contributed by atoms with van der Waals surface area (Å²) in [6, 6.07) is 12.2. The van der Waals surface area contributed by atoms with Crippen molar-refractivity contribution in [2.75, 3.05) is 13.7 Å². The number of hydrogen-bond acceptors (Lipinski definition) is 4. The second-order valence-electron chi connectivity index (χ2n) is 6.25. The lowest BCUT2D eigenvalue weighted by atomic mass is 10.1. The maximum absolute atomic E-state index is 12.0. The van der Waals surface area contributed by atoms with Gasteiger partial charge in [0.25, 0.3) is 0 Å². The summed E-state index contributed by atoms with van der Waals surface area (Å²) in [6.45, 7) is 1.98. The van der Waals surface area contributed by atoms with E-state index in [0.29, 0.717) is 17.4 Å². The van der Waals surface area contributed by atoms with E-state index in [1.807, 2.05) is 23.5 Å². The Morgan fingerprint density at radius 2 is 2.25 bits per heavy atom. The van der Waals surface area contributed by atoms with Crippen molar-refractivity contribution in [3.05, 3.63) is 62.6 Å². The van der Waals surface area contributed by atoms with Crippen LogP contribution in [0.5, 0.6) is 5.75 Å². The summed E-state index contributed by atoms with van der Waals surface area (Å²) in [5.41, 5.74) is 1.36. The maximum atomic E-state index is 12.0. The van der Waals surface area contributed by atoms with Gasteiger partial charge in [0, 0.05) is 35.9 Å². The number of quaternary nitrogens is 1. The van der Waals surface area contributed by atoms with Crippen molar-refractivity contribution >= 4 is 22.3 Å². The quantitative estimate of drug-likeness (QED) is 0.742. The third kappa shape index (κ3) is 2.85. The molecule has 4 rings (SSSR count). The van der Waals surface area contributed by atoms with Crippen molar-refractivity contribution in [2.24, 2.45) is 0 Å². The van der Waals surface area contributed by atoms with Crippen LogP contribution in [0.15, 0.2) is 51.0 Å². The Hall–Kier alpha value is -2.11. The molecular formula is C19H20NO3S+. The number of methoxy groups -OCH3 is 1. The van der Waals surface area contributed by atoms with E-state index in [1.165, 1.54) is 22.6 Å². The molecule has 3 heterocycles. The van der Waals surface area contributed by atoms with Crippen LogP contribution < -0.4 is 15.3 Å². The molecule has 24 heavy (non-hydrogen) atoms. The summed E-state index contributed by atoms with van der Waals surface area (Å²) < 4.78 is 10.6. The highest BCUT2D eigenvalue weighted by molar-refractivity contribution is 7.10. The highest BCUT2D eigenvalue weighted by Crippen LogP contribution is 2.25. The monoisotopic (exact) mass is 342 g/mol. The Balaban J connectivity index is 1.70. The molecule has 0 radical (unpaired) electrons. The van der Waals surface area contributed by atoms with Gasteiger partial charge >= 0.3 is 5.63 Å². The van der Waals surface area contributed by atoms with Crippen molar-refractivity contribution < 1.29 is 14.1 Å². The fourth-order valence-corrected chi connectivity index (χ4v) is 4.60. The van der Waals surface area contributed by atoms with E-state index in [2.05, 4.69) is 17.5 Å². The van der Waals surface area contributed by atoms with Gasteiger partial charge in [-0.3, -0.25) is 0 Å². The molecule has 1 aromatic carbocycles. The van der Waals surface area contributed by atoms with Crippen LogP contribution in [0.4, 0.5) is 0 Å². The Bertz CT molecular complexity index is 901. The van der Waals surface area contributed by atoms with Crippen LogP contribution in [0.1, 0.15) is 29.3 Å². The van der Waals surface area contributed by atoms with Gasteiger partial charge < -0.3 is 14.1 Å².